The predicted molar refractivity (Wildman–Crippen MR) is 99.2 cm³/mol. The molecule has 0 aliphatic carbocycles. The predicted octanol–water partition coefficient (Wildman–Crippen LogP) is 5.35. The minimum absolute atomic E-state index is 0.671. The zero-order chi connectivity index (χ0) is 16.2. The number of allylic oxidation sites excluding steroid dienone is 2. The highest BCUT2D eigenvalue weighted by Crippen LogP contribution is 2.29. The van der Waals surface area contributed by atoms with Crippen LogP contribution in [-0.4, -0.2) is 30.6 Å². The van der Waals surface area contributed by atoms with E-state index in [-0.39, 0.29) is 0 Å². The van der Waals surface area contributed by atoms with Gasteiger partial charge >= 0.3 is 0 Å². The van der Waals surface area contributed by atoms with Crippen molar-refractivity contribution in [2.75, 3.05) is 19.6 Å². The highest BCUT2D eigenvalue weighted by atomic mass is 15.2. The van der Waals surface area contributed by atoms with Crippen LogP contribution in [0.1, 0.15) is 85.5 Å². The van der Waals surface area contributed by atoms with Gasteiger partial charge in [0.2, 0.25) is 0 Å². The van der Waals surface area contributed by atoms with E-state index >= 15 is 0 Å². The Bertz CT molecular complexity index is 298. The molecule has 2 nitrogen and oxygen atoms in total. The van der Waals surface area contributed by atoms with Crippen LogP contribution in [0.15, 0.2) is 11.8 Å². The Kier molecular flexibility index (Phi) is 10.7. The Morgan fingerprint density at radius 2 is 1.95 bits per heavy atom. The van der Waals surface area contributed by atoms with E-state index in [1.165, 1.54) is 70.9 Å². The molecule has 1 aliphatic rings. The fourth-order valence-corrected chi connectivity index (χ4v) is 3.66. The third kappa shape index (κ3) is 7.67. The summed E-state index contributed by atoms with van der Waals surface area (Å²) in [5.41, 5.74) is 1.58. The molecule has 1 heterocycles. The minimum atomic E-state index is 0.671. The Balaban J connectivity index is 2.12. The number of nitrogens with one attached hydrogen (secondary N) is 1. The molecule has 1 N–H and O–H groups in total. The van der Waals surface area contributed by atoms with Crippen LogP contribution in [0.2, 0.25) is 0 Å². The largest absolute Gasteiger partial charge is 0.374 e. The molecule has 0 aromatic carbocycles. The average Bonchev–Trinajstić information content (AvgIpc) is 2.89. The zero-order valence-electron chi connectivity index (χ0n) is 15.7. The van der Waals surface area contributed by atoms with E-state index in [1.54, 1.807) is 5.70 Å². The first-order valence-corrected chi connectivity index (χ1v) is 9.84. The van der Waals surface area contributed by atoms with Gasteiger partial charge in [-0.3, -0.25) is 0 Å². The molecule has 2 heteroatoms. The lowest BCUT2D eigenvalue weighted by molar-refractivity contribution is 0.341. The molecule has 0 amide bonds. The molecule has 0 aromatic heterocycles. The normalized spacial score (nSPS) is 21.7. The average molecular weight is 309 g/mol. The molecule has 0 aromatic rings. The van der Waals surface area contributed by atoms with Gasteiger partial charge in [-0.2, -0.15) is 0 Å². The molecule has 2 atom stereocenters. The summed E-state index contributed by atoms with van der Waals surface area (Å²) >= 11 is 0. The molecule has 0 spiro atoms. The van der Waals surface area contributed by atoms with Crippen LogP contribution in [0.4, 0.5) is 0 Å². The zero-order valence-corrected chi connectivity index (χ0v) is 15.7. The molecule has 0 radical (unpaired) electrons. The quantitative estimate of drug-likeness (QED) is 0.489. The van der Waals surface area contributed by atoms with Crippen molar-refractivity contribution < 1.29 is 0 Å². The van der Waals surface area contributed by atoms with Gasteiger partial charge in [0, 0.05) is 31.4 Å². The molecule has 22 heavy (non-hydrogen) atoms. The van der Waals surface area contributed by atoms with Crippen molar-refractivity contribution in [2.24, 2.45) is 5.92 Å². The summed E-state index contributed by atoms with van der Waals surface area (Å²) in [4.78, 5) is 2.61. The lowest BCUT2D eigenvalue weighted by atomic mass is 10.0. The van der Waals surface area contributed by atoms with E-state index in [2.05, 4.69) is 44.0 Å². The molecule has 1 aliphatic heterocycles. The SMILES string of the molecule is C/C=C1\CC(CCC)CN1CCNC(C)CCCCCCC. The topological polar surface area (TPSA) is 15.3 Å². The third-order valence-electron chi connectivity index (χ3n) is 5.03. The summed E-state index contributed by atoms with van der Waals surface area (Å²) in [6.45, 7) is 12.7. The van der Waals surface area contributed by atoms with Crippen LogP contribution in [-0.2, 0) is 0 Å². The van der Waals surface area contributed by atoms with Crippen LogP contribution < -0.4 is 5.32 Å². The maximum absolute atomic E-state index is 3.72. The van der Waals surface area contributed by atoms with E-state index in [9.17, 15) is 0 Å². The highest BCUT2D eigenvalue weighted by Gasteiger charge is 2.24. The second-order valence-corrected chi connectivity index (χ2v) is 7.14. The van der Waals surface area contributed by atoms with Gasteiger partial charge < -0.3 is 10.2 Å². The first-order valence-electron chi connectivity index (χ1n) is 9.84. The Morgan fingerprint density at radius 3 is 2.64 bits per heavy atom. The van der Waals surface area contributed by atoms with Crippen LogP contribution in [0.3, 0.4) is 0 Å². The monoisotopic (exact) mass is 308 g/mol. The van der Waals surface area contributed by atoms with Crippen molar-refractivity contribution in [3.63, 3.8) is 0 Å². The van der Waals surface area contributed by atoms with Gasteiger partial charge in [-0.1, -0.05) is 58.4 Å². The van der Waals surface area contributed by atoms with Gasteiger partial charge in [0.05, 0.1) is 0 Å². The summed E-state index contributed by atoms with van der Waals surface area (Å²) in [5, 5.41) is 3.72. The van der Waals surface area contributed by atoms with Crippen molar-refractivity contribution in [1.82, 2.24) is 10.2 Å². The smallest absolute Gasteiger partial charge is 0.0300 e. The summed E-state index contributed by atoms with van der Waals surface area (Å²) in [6, 6.07) is 0.671. The van der Waals surface area contributed by atoms with Crippen molar-refractivity contribution >= 4 is 0 Å². The van der Waals surface area contributed by atoms with E-state index < -0.39 is 0 Å². The van der Waals surface area contributed by atoms with Gasteiger partial charge in [0.1, 0.15) is 0 Å². The van der Waals surface area contributed by atoms with Crippen molar-refractivity contribution in [3.8, 4) is 0 Å². The van der Waals surface area contributed by atoms with Crippen LogP contribution in [0, 0.1) is 5.92 Å². The van der Waals surface area contributed by atoms with Crippen LogP contribution >= 0.6 is 0 Å². The molecular formula is C20H40N2. The fraction of sp³-hybridized carbons (Fsp3) is 0.900. The highest BCUT2D eigenvalue weighted by molar-refractivity contribution is 5.07. The number of hydrogen-bond acceptors (Lipinski definition) is 2. The molecule has 1 fully saturated rings. The van der Waals surface area contributed by atoms with E-state index in [1.807, 2.05) is 0 Å². The summed E-state index contributed by atoms with van der Waals surface area (Å²) in [5.74, 6) is 0.896. The maximum Gasteiger partial charge on any atom is 0.0300 e. The number of unbranched alkanes of at least 4 members (excludes halogenated alkanes) is 4. The standard InChI is InChI=1S/C20H40N2/c1-5-8-9-10-11-13-18(4)21-14-15-22-17-19(12-6-2)16-20(22)7-3/h7,18-19,21H,5-6,8-17H2,1-4H3/b20-7+. The number of rotatable bonds is 12. The van der Waals surface area contributed by atoms with Gasteiger partial charge in [-0.15, -0.1) is 0 Å². The molecular weight excluding hydrogens is 268 g/mol. The number of likely N-dealkylation sites (tertiary alicyclic amines) is 1. The summed E-state index contributed by atoms with van der Waals surface area (Å²) in [6.07, 6.45) is 14.6. The van der Waals surface area contributed by atoms with Gasteiger partial charge in [-0.25, -0.2) is 0 Å². The number of hydrogen-bond donors (Lipinski definition) is 1. The lowest BCUT2D eigenvalue weighted by Gasteiger charge is -2.22. The molecule has 0 bridgehead atoms. The van der Waals surface area contributed by atoms with Gasteiger partial charge in [-0.05, 0) is 39.0 Å². The Hall–Kier alpha value is -0.500. The second kappa shape index (κ2) is 12.0. The first-order chi connectivity index (χ1) is 10.7. The Labute approximate surface area is 139 Å². The van der Waals surface area contributed by atoms with Crippen molar-refractivity contribution in [1.29, 1.82) is 0 Å². The van der Waals surface area contributed by atoms with Crippen molar-refractivity contribution in [3.05, 3.63) is 11.8 Å². The summed E-state index contributed by atoms with van der Waals surface area (Å²) in [7, 11) is 0. The van der Waals surface area contributed by atoms with E-state index in [4.69, 9.17) is 0 Å². The summed E-state index contributed by atoms with van der Waals surface area (Å²) < 4.78 is 0. The first kappa shape index (κ1) is 19.5. The minimum Gasteiger partial charge on any atom is -0.374 e. The Morgan fingerprint density at radius 1 is 1.18 bits per heavy atom. The van der Waals surface area contributed by atoms with Crippen LogP contribution in [0.25, 0.3) is 0 Å². The molecule has 130 valence electrons. The lowest BCUT2D eigenvalue weighted by Crippen LogP contribution is -2.34. The molecule has 0 saturated carbocycles. The van der Waals surface area contributed by atoms with E-state index in [0.717, 1.165) is 12.5 Å². The second-order valence-electron chi connectivity index (χ2n) is 7.14. The van der Waals surface area contributed by atoms with Gasteiger partial charge in [0.15, 0.2) is 0 Å². The molecule has 1 rings (SSSR count). The third-order valence-corrected chi connectivity index (χ3v) is 5.03. The molecule has 1 saturated heterocycles. The molecule has 2 unspecified atom stereocenters. The fourth-order valence-electron chi connectivity index (χ4n) is 3.66. The maximum atomic E-state index is 3.72. The van der Waals surface area contributed by atoms with Gasteiger partial charge in [0.25, 0.3) is 0 Å². The number of nitrogens with zero attached hydrogens (tertiary/aromatic N) is 1. The van der Waals surface area contributed by atoms with E-state index in [0.29, 0.717) is 6.04 Å². The van der Waals surface area contributed by atoms with Crippen LogP contribution in [0.5, 0.6) is 0 Å². The van der Waals surface area contributed by atoms with Crippen molar-refractivity contribution in [2.45, 2.75) is 91.5 Å².